The van der Waals surface area contributed by atoms with Crippen LogP contribution < -0.4 is 5.32 Å². The van der Waals surface area contributed by atoms with E-state index in [1.807, 2.05) is 38.4 Å². The minimum absolute atomic E-state index is 0.620. The average Bonchev–Trinajstić information content (AvgIpc) is 2.67. The molecular weight excluding hydrogens is 216 g/mol. The Labute approximate surface area is 103 Å². The van der Waals surface area contributed by atoms with E-state index in [1.54, 1.807) is 6.20 Å². The highest BCUT2D eigenvalue weighted by Gasteiger charge is 2.20. The molecule has 0 aromatic carbocycles. The van der Waals surface area contributed by atoms with Gasteiger partial charge in [-0.1, -0.05) is 0 Å². The molecule has 1 aromatic rings. The van der Waals surface area contributed by atoms with Gasteiger partial charge in [0.15, 0.2) is 0 Å². The first-order valence-corrected chi connectivity index (χ1v) is 6.03. The van der Waals surface area contributed by atoms with Crippen molar-refractivity contribution in [2.75, 3.05) is 33.7 Å². The lowest BCUT2D eigenvalue weighted by Crippen LogP contribution is -2.45. The number of aliphatic hydroxyl groups is 1. The van der Waals surface area contributed by atoms with Crippen molar-refractivity contribution in [3.05, 3.63) is 18.7 Å². The Morgan fingerprint density at radius 2 is 2.24 bits per heavy atom. The summed E-state index contributed by atoms with van der Waals surface area (Å²) in [5.74, 6) is 0. The van der Waals surface area contributed by atoms with Crippen LogP contribution in [0.2, 0.25) is 0 Å². The molecule has 0 aliphatic rings. The van der Waals surface area contributed by atoms with Gasteiger partial charge in [0.2, 0.25) is 0 Å². The fourth-order valence-electron chi connectivity index (χ4n) is 1.90. The normalized spacial score (nSPS) is 15.1. The highest BCUT2D eigenvalue weighted by molar-refractivity contribution is 4.78. The van der Waals surface area contributed by atoms with Gasteiger partial charge >= 0.3 is 0 Å². The Morgan fingerprint density at radius 1 is 1.47 bits per heavy atom. The molecule has 5 nitrogen and oxygen atoms in total. The molecule has 0 amide bonds. The molecule has 98 valence electrons. The molecule has 0 fully saturated rings. The van der Waals surface area contributed by atoms with Gasteiger partial charge < -0.3 is 19.9 Å². The summed E-state index contributed by atoms with van der Waals surface area (Å²) in [5.41, 5.74) is -0.668. The maximum atomic E-state index is 10.0. The minimum atomic E-state index is -0.668. The van der Waals surface area contributed by atoms with E-state index in [-0.39, 0.29) is 0 Å². The summed E-state index contributed by atoms with van der Waals surface area (Å²) in [6.45, 7) is 5.01. The van der Waals surface area contributed by atoms with E-state index in [4.69, 9.17) is 0 Å². The monoisotopic (exact) mass is 240 g/mol. The molecule has 0 radical (unpaired) electrons. The van der Waals surface area contributed by atoms with Gasteiger partial charge in [-0.15, -0.1) is 0 Å². The lowest BCUT2D eigenvalue weighted by atomic mass is 10.1. The first kappa shape index (κ1) is 14.2. The Balaban J connectivity index is 2.07. The smallest absolute Gasteiger partial charge is 0.0945 e. The summed E-state index contributed by atoms with van der Waals surface area (Å²) < 4.78 is 2.06. The third kappa shape index (κ3) is 6.41. The van der Waals surface area contributed by atoms with Crippen LogP contribution in [0.3, 0.4) is 0 Å². The van der Waals surface area contributed by atoms with Crippen LogP contribution in [0.25, 0.3) is 0 Å². The zero-order valence-corrected chi connectivity index (χ0v) is 11.1. The summed E-state index contributed by atoms with van der Waals surface area (Å²) >= 11 is 0. The number of likely N-dealkylation sites (N-methyl/N-ethyl adjacent to an activating group) is 1. The van der Waals surface area contributed by atoms with Gasteiger partial charge in [-0.25, -0.2) is 4.98 Å². The van der Waals surface area contributed by atoms with Crippen LogP contribution in [0, 0.1) is 0 Å². The van der Waals surface area contributed by atoms with Crippen LogP contribution in [-0.4, -0.2) is 58.9 Å². The first-order valence-electron chi connectivity index (χ1n) is 6.03. The predicted octanol–water partition coefficient (Wildman–Crippen LogP) is 0.175. The number of hydrogen-bond donors (Lipinski definition) is 2. The summed E-state index contributed by atoms with van der Waals surface area (Å²) in [5, 5.41) is 13.3. The Kier molecular flexibility index (Phi) is 5.61. The van der Waals surface area contributed by atoms with Crippen molar-refractivity contribution >= 4 is 0 Å². The minimum Gasteiger partial charge on any atom is -0.388 e. The molecule has 5 heteroatoms. The van der Waals surface area contributed by atoms with Gasteiger partial charge in [-0.3, -0.25) is 0 Å². The maximum Gasteiger partial charge on any atom is 0.0945 e. The largest absolute Gasteiger partial charge is 0.388 e. The summed E-state index contributed by atoms with van der Waals surface area (Å²) in [7, 11) is 3.93. The van der Waals surface area contributed by atoms with E-state index in [0.29, 0.717) is 13.1 Å². The van der Waals surface area contributed by atoms with Crippen LogP contribution in [0.5, 0.6) is 0 Å². The second-order valence-electron chi connectivity index (χ2n) is 5.07. The molecule has 0 saturated heterocycles. The molecule has 2 N–H and O–H groups in total. The lowest BCUT2D eigenvalue weighted by Gasteiger charge is -2.27. The second kappa shape index (κ2) is 6.74. The number of nitrogens with zero attached hydrogens (tertiary/aromatic N) is 3. The molecule has 0 saturated carbocycles. The third-order valence-corrected chi connectivity index (χ3v) is 2.49. The van der Waals surface area contributed by atoms with Crippen molar-refractivity contribution in [2.24, 2.45) is 0 Å². The Bertz CT molecular complexity index is 295. The number of imidazole rings is 1. The van der Waals surface area contributed by atoms with Crippen molar-refractivity contribution in [1.29, 1.82) is 0 Å². The number of aromatic nitrogens is 2. The van der Waals surface area contributed by atoms with Crippen molar-refractivity contribution < 1.29 is 5.11 Å². The molecule has 17 heavy (non-hydrogen) atoms. The number of aryl methyl sites for hydroxylation is 1. The van der Waals surface area contributed by atoms with E-state index in [9.17, 15) is 5.11 Å². The van der Waals surface area contributed by atoms with Crippen molar-refractivity contribution in [1.82, 2.24) is 19.8 Å². The third-order valence-electron chi connectivity index (χ3n) is 2.49. The van der Waals surface area contributed by atoms with Gasteiger partial charge in [0, 0.05) is 32.0 Å². The topological polar surface area (TPSA) is 53.3 Å². The molecular formula is C12H24N4O. The molecule has 1 unspecified atom stereocenters. The molecule has 0 aliphatic heterocycles. The molecule has 1 aromatic heterocycles. The fourth-order valence-corrected chi connectivity index (χ4v) is 1.90. The zero-order chi connectivity index (χ0) is 12.7. The van der Waals surface area contributed by atoms with Crippen molar-refractivity contribution in [2.45, 2.75) is 25.5 Å². The van der Waals surface area contributed by atoms with E-state index >= 15 is 0 Å². The summed E-state index contributed by atoms with van der Waals surface area (Å²) in [6.07, 6.45) is 6.61. The van der Waals surface area contributed by atoms with Crippen molar-refractivity contribution in [3.63, 3.8) is 0 Å². The van der Waals surface area contributed by atoms with Crippen LogP contribution in [0.15, 0.2) is 18.7 Å². The standard InChI is InChI=1S/C12H24N4O/c1-12(17,10-15(2)3)9-13-5-4-7-16-8-6-14-11-16/h6,8,11,13,17H,4-5,7,9-10H2,1-3H3. The Morgan fingerprint density at radius 3 is 2.82 bits per heavy atom. The van der Waals surface area contributed by atoms with E-state index in [0.717, 1.165) is 19.5 Å². The van der Waals surface area contributed by atoms with Gasteiger partial charge in [-0.2, -0.15) is 0 Å². The molecule has 0 bridgehead atoms. The number of rotatable bonds is 8. The van der Waals surface area contributed by atoms with Crippen LogP contribution in [0.1, 0.15) is 13.3 Å². The quantitative estimate of drug-likeness (QED) is 0.636. The highest BCUT2D eigenvalue weighted by atomic mass is 16.3. The van der Waals surface area contributed by atoms with Gasteiger partial charge in [0.05, 0.1) is 11.9 Å². The Hall–Kier alpha value is -0.910. The molecule has 1 heterocycles. The van der Waals surface area contributed by atoms with E-state index < -0.39 is 5.60 Å². The zero-order valence-electron chi connectivity index (χ0n) is 11.1. The van der Waals surface area contributed by atoms with Gasteiger partial charge in [0.25, 0.3) is 0 Å². The van der Waals surface area contributed by atoms with Crippen LogP contribution >= 0.6 is 0 Å². The number of hydrogen-bond acceptors (Lipinski definition) is 4. The van der Waals surface area contributed by atoms with E-state index in [1.165, 1.54) is 0 Å². The fraction of sp³-hybridized carbons (Fsp3) is 0.750. The van der Waals surface area contributed by atoms with Crippen LogP contribution in [-0.2, 0) is 6.54 Å². The molecule has 1 rings (SSSR count). The summed E-state index contributed by atoms with van der Waals surface area (Å²) in [4.78, 5) is 5.98. The average molecular weight is 240 g/mol. The molecule has 1 atom stereocenters. The van der Waals surface area contributed by atoms with Crippen molar-refractivity contribution in [3.8, 4) is 0 Å². The lowest BCUT2D eigenvalue weighted by molar-refractivity contribution is 0.0339. The second-order valence-corrected chi connectivity index (χ2v) is 5.07. The first-order chi connectivity index (χ1) is 7.99. The predicted molar refractivity (Wildman–Crippen MR) is 68.9 cm³/mol. The highest BCUT2D eigenvalue weighted by Crippen LogP contribution is 2.02. The maximum absolute atomic E-state index is 10.0. The molecule has 0 spiro atoms. The number of nitrogens with one attached hydrogen (secondary N) is 1. The summed E-state index contributed by atoms with van der Waals surface area (Å²) in [6, 6.07) is 0. The van der Waals surface area contributed by atoms with Gasteiger partial charge in [0.1, 0.15) is 0 Å². The van der Waals surface area contributed by atoms with Crippen LogP contribution in [0.4, 0.5) is 0 Å². The molecule has 0 aliphatic carbocycles. The van der Waals surface area contributed by atoms with E-state index in [2.05, 4.69) is 14.9 Å². The SMILES string of the molecule is CN(C)CC(C)(O)CNCCCn1ccnc1. The van der Waals surface area contributed by atoms with Gasteiger partial charge in [-0.05, 0) is 34.0 Å².